The van der Waals surface area contributed by atoms with Gasteiger partial charge in [0.25, 0.3) is 0 Å². The van der Waals surface area contributed by atoms with Crippen molar-refractivity contribution in [3.63, 3.8) is 0 Å². The SMILES string of the molecule is CCCCC(CC)COc1cc(-c2ccc(C(C)(C)C)s2)c(OC)cc1-c1ccc(C(C)(C)C)s1. The van der Waals surface area contributed by atoms with Gasteiger partial charge in [0.15, 0.2) is 0 Å². The molecule has 0 bridgehead atoms. The van der Waals surface area contributed by atoms with Crippen LogP contribution in [-0.2, 0) is 10.8 Å². The minimum atomic E-state index is 0.127. The fourth-order valence-corrected chi connectivity index (χ4v) is 6.28. The smallest absolute Gasteiger partial charge is 0.128 e. The number of unbranched alkanes of at least 4 members (excludes halogenated alkanes) is 1. The van der Waals surface area contributed by atoms with Crippen LogP contribution in [0.2, 0.25) is 0 Å². The van der Waals surface area contributed by atoms with Crippen molar-refractivity contribution in [2.24, 2.45) is 5.92 Å². The van der Waals surface area contributed by atoms with Crippen LogP contribution < -0.4 is 9.47 Å². The predicted molar refractivity (Wildman–Crippen MR) is 156 cm³/mol. The molecule has 0 aliphatic rings. The van der Waals surface area contributed by atoms with E-state index in [0.29, 0.717) is 5.92 Å². The van der Waals surface area contributed by atoms with Crippen molar-refractivity contribution >= 4 is 22.7 Å². The molecular weight excluding hydrogens is 468 g/mol. The maximum absolute atomic E-state index is 6.63. The molecule has 3 rings (SSSR count). The van der Waals surface area contributed by atoms with Crippen LogP contribution in [-0.4, -0.2) is 13.7 Å². The summed E-state index contributed by atoms with van der Waals surface area (Å²) in [4.78, 5) is 5.21. The third-order valence-electron chi connectivity index (χ3n) is 6.54. The van der Waals surface area contributed by atoms with Gasteiger partial charge in [-0.05, 0) is 59.6 Å². The second-order valence-electron chi connectivity index (χ2n) is 11.6. The molecule has 192 valence electrons. The first-order valence-corrected chi connectivity index (χ1v) is 14.7. The molecular formula is C31H44O2S2. The summed E-state index contributed by atoms with van der Waals surface area (Å²) in [6, 6.07) is 13.4. The van der Waals surface area contributed by atoms with Crippen LogP contribution in [0.15, 0.2) is 36.4 Å². The van der Waals surface area contributed by atoms with Gasteiger partial charge in [0.2, 0.25) is 0 Å². The third-order valence-corrected chi connectivity index (χ3v) is 9.63. The zero-order valence-corrected chi connectivity index (χ0v) is 24.8. The molecule has 0 aliphatic carbocycles. The van der Waals surface area contributed by atoms with Crippen LogP contribution in [0.5, 0.6) is 11.5 Å². The van der Waals surface area contributed by atoms with E-state index in [1.54, 1.807) is 7.11 Å². The largest absolute Gasteiger partial charge is 0.496 e. The van der Waals surface area contributed by atoms with Crippen molar-refractivity contribution in [1.29, 1.82) is 0 Å². The van der Waals surface area contributed by atoms with E-state index in [9.17, 15) is 0 Å². The third kappa shape index (κ3) is 6.92. The van der Waals surface area contributed by atoms with Gasteiger partial charge in [-0.3, -0.25) is 0 Å². The molecule has 1 aromatic carbocycles. The maximum atomic E-state index is 6.63. The van der Waals surface area contributed by atoms with E-state index >= 15 is 0 Å². The van der Waals surface area contributed by atoms with E-state index < -0.39 is 0 Å². The van der Waals surface area contributed by atoms with Crippen LogP contribution in [0.1, 0.15) is 90.8 Å². The molecule has 1 atom stereocenters. The molecule has 2 heterocycles. The lowest BCUT2D eigenvalue weighted by Gasteiger charge is -2.20. The fourth-order valence-electron chi connectivity index (χ4n) is 4.11. The first-order chi connectivity index (χ1) is 16.5. The molecule has 2 nitrogen and oxygen atoms in total. The highest BCUT2D eigenvalue weighted by atomic mass is 32.1. The van der Waals surface area contributed by atoms with E-state index in [1.165, 1.54) is 38.8 Å². The first kappa shape index (κ1) is 27.8. The Balaban J connectivity index is 2.07. The highest BCUT2D eigenvalue weighted by Gasteiger charge is 2.23. The van der Waals surface area contributed by atoms with Gasteiger partial charge in [-0.15, -0.1) is 22.7 Å². The molecule has 0 saturated heterocycles. The molecule has 4 heteroatoms. The Hall–Kier alpha value is -1.78. The van der Waals surface area contributed by atoms with Gasteiger partial charge in [-0.1, -0.05) is 74.7 Å². The summed E-state index contributed by atoms with van der Waals surface area (Å²) < 4.78 is 12.6. The zero-order valence-electron chi connectivity index (χ0n) is 23.2. The molecule has 3 aromatic rings. The number of ether oxygens (including phenoxy) is 2. The average molecular weight is 513 g/mol. The summed E-state index contributed by atoms with van der Waals surface area (Å²) in [6.07, 6.45) is 4.85. The normalized spacial score (nSPS) is 13.2. The molecule has 35 heavy (non-hydrogen) atoms. The molecule has 0 radical (unpaired) electrons. The van der Waals surface area contributed by atoms with Gasteiger partial charge in [0.1, 0.15) is 11.5 Å². The van der Waals surface area contributed by atoms with Gasteiger partial charge in [0.05, 0.1) is 13.7 Å². The molecule has 2 aromatic heterocycles. The lowest BCUT2D eigenvalue weighted by Crippen LogP contribution is -2.12. The second kappa shape index (κ2) is 11.5. The van der Waals surface area contributed by atoms with Crippen LogP contribution in [0.3, 0.4) is 0 Å². The average Bonchev–Trinajstić information content (AvgIpc) is 3.48. The maximum Gasteiger partial charge on any atom is 0.128 e. The summed E-state index contributed by atoms with van der Waals surface area (Å²) >= 11 is 3.70. The molecule has 0 amide bonds. The van der Waals surface area contributed by atoms with E-state index in [-0.39, 0.29) is 10.8 Å². The summed E-state index contributed by atoms with van der Waals surface area (Å²) in [5.41, 5.74) is 2.50. The highest BCUT2D eigenvalue weighted by molar-refractivity contribution is 7.16. The Morgan fingerprint density at radius 1 is 0.771 bits per heavy atom. The quantitative estimate of drug-likeness (QED) is 0.269. The lowest BCUT2D eigenvalue weighted by molar-refractivity contribution is 0.234. The molecule has 0 N–H and O–H groups in total. The minimum Gasteiger partial charge on any atom is -0.496 e. The Kier molecular flexibility index (Phi) is 9.15. The first-order valence-electron chi connectivity index (χ1n) is 13.0. The second-order valence-corrected chi connectivity index (χ2v) is 13.8. The number of hydrogen-bond acceptors (Lipinski definition) is 4. The van der Waals surface area contributed by atoms with Gasteiger partial charge in [-0.2, -0.15) is 0 Å². The standard InChI is InChI=1S/C31H44O2S2/c1-10-12-13-21(11-2)20-33-25-19-22(26-14-16-28(34-26)30(3,4)5)24(32-9)18-23(25)27-15-17-29(35-27)31(6,7)8/h14-19,21H,10-13,20H2,1-9H3. The van der Waals surface area contributed by atoms with Crippen LogP contribution in [0.25, 0.3) is 20.9 Å². The highest BCUT2D eigenvalue weighted by Crippen LogP contribution is 2.46. The molecule has 0 spiro atoms. The summed E-state index contributed by atoms with van der Waals surface area (Å²) in [5.74, 6) is 2.44. The van der Waals surface area contributed by atoms with E-state index in [1.807, 2.05) is 22.7 Å². The summed E-state index contributed by atoms with van der Waals surface area (Å²) in [5, 5.41) is 0. The Morgan fingerprint density at radius 3 is 1.71 bits per heavy atom. The number of thiophene rings is 2. The van der Waals surface area contributed by atoms with Gasteiger partial charge >= 0.3 is 0 Å². The minimum absolute atomic E-state index is 0.127. The van der Waals surface area contributed by atoms with Gasteiger partial charge in [0, 0.05) is 30.6 Å². The van der Waals surface area contributed by atoms with Crippen molar-refractivity contribution in [1.82, 2.24) is 0 Å². The number of hydrogen-bond donors (Lipinski definition) is 0. The van der Waals surface area contributed by atoms with Gasteiger partial charge in [-0.25, -0.2) is 0 Å². The summed E-state index contributed by atoms with van der Waals surface area (Å²) in [7, 11) is 1.77. The Labute approximate surface area is 221 Å². The summed E-state index contributed by atoms with van der Waals surface area (Å²) in [6.45, 7) is 18.9. The molecule has 0 saturated carbocycles. The topological polar surface area (TPSA) is 18.5 Å². The van der Waals surface area contributed by atoms with Crippen molar-refractivity contribution < 1.29 is 9.47 Å². The molecule has 0 fully saturated rings. The fraction of sp³-hybridized carbons (Fsp3) is 0.548. The van der Waals surface area contributed by atoms with E-state index in [4.69, 9.17) is 9.47 Å². The van der Waals surface area contributed by atoms with E-state index in [0.717, 1.165) is 35.7 Å². The van der Waals surface area contributed by atoms with Crippen molar-refractivity contribution in [3.8, 4) is 32.4 Å². The molecule has 0 aliphatic heterocycles. The van der Waals surface area contributed by atoms with Crippen molar-refractivity contribution in [2.45, 2.75) is 91.9 Å². The zero-order chi connectivity index (χ0) is 25.8. The number of rotatable bonds is 10. The number of benzene rings is 1. The molecule has 1 unspecified atom stereocenters. The monoisotopic (exact) mass is 512 g/mol. The van der Waals surface area contributed by atoms with E-state index in [2.05, 4.69) is 91.8 Å². The predicted octanol–water partition coefficient (Wildman–Crippen LogP) is 10.3. The van der Waals surface area contributed by atoms with Gasteiger partial charge < -0.3 is 9.47 Å². The Morgan fingerprint density at radius 2 is 1.29 bits per heavy atom. The van der Waals surface area contributed by atoms with Crippen LogP contribution in [0, 0.1) is 5.92 Å². The Bertz CT molecular complexity index is 1090. The van der Waals surface area contributed by atoms with Crippen LogP contribution >= 0.6 is 22.7 Å². The van der Waals surface area contributed by atoms with Crippen molar-refractivity contribution in [2.75, 3.05) is 13.7 Å². The number of methoxy groups -OCH3 is 1. The lowest BCUT2D eigenvalue weighted by atomic mass is 9.95. The van der Waals surface area contributed by atoms with Crippen LogP contribution in [0.4, 0.5) is 0 Å². The van der Waals surface area contributed by atoms with Crippen molar-refractivity contribution in [3.05, 3.63) is 46.2 Å².